The minimum Gasteiger partial charge on any atom is -0.468 e. The third-order valence-corrected chi connectivity index (χ3v) is 4.87. The van der Waals surface area contributed by atoms with E-state index in [0.29, 0.717) is 0 Å². The number of hydrogen-bond acceptors (Lipinski definition) is 2. The van der Waals surface area contributed by atoms with Crippen LogP contribution in [0, 0.1) is 16.2 Å². The van der Waals surface area contributed by atoms with E-state index in [-0.39, 0.29) is 22.2 Å². The van der Waals surface area contributed by atoms with E-state index >= 15 is 0 Å². The molecule has 0 aromatic rings. The lowest BCUT2D eigenvalue weighted by Crippen LogP contribution is -2.41. The minimum atomic E-state index is -0.365. The zero-order valence-corrected chi connectivity index (χ0v) is 9.39. The first-order valence-electron chi connectivity index (χ1n) is 5.18. The summed E-state index contributed by atoms with van der Waals surface area (Å²) in [5.74, 6) is -0.0695. The number of allylic oxidation sites excluding steroid dienone is 1. The van der Waals surface area contributed by atoms with Gasteiger partial charge in [0.15, 0.2) is 0 Å². The monoisotopic (exact) mass is 194 g/mol. The summed E-state index contributed by atoms with van der Waals surface area (Å²) in [4.78, 5) is 11.9. The second kappa shape index (κ2) is 2.41. The van der Waals surface area contributed by atoms with Crippen LogP contribution in [0.15, 0.2) is 12.2 Å². The molecule has 2 rings (SSSR count). The van der Waals surface area contributed by atoms with Crippen molar-refractivity contribution in [2.45, 2.75) is 33.6 Å². The van der Waals surface area contributed by atoms with Gasteiger partial charge in [0.1, 0.15) is 0 Å². The van der Waals surface area contributed by atoms with Gasteiger partial charge in [-0.15, -0.1) is 0 Å². The van der Waals surface area contributed by atoms with Gasteiger partial charge in [0.25, 0.3) is 0 Å². The zero-order valence-electron chi connectivity index (χ0n) is 9.39. The maximum absolute atomic E-state index is 11.9. The fraction of sp³-hybridized carbons (Fsp3) is 0.750. The molecule has 0 amide bonds. The van der Waals surface area contributed by atoms with Gasteiger partial charge in [0.05, 0.1) is 12.5 Å². The second-order valence-electron chi connectivity index (χ2n) is 5.34. The summed E-state index contributed by atoms with van der Waals surface area (Å²) in [6.45, 7) is 6.59. The van der Waals surface area contributed by atoms with Crippen molar-refractivity contribution in [1.29, 1.82) is 0 Å². The number of fused-ring (bicyclic) bond motifs is 2. The predicted octanol–water partition coefficient (Wildman–Crippen LogP) is 2.54. The molecule has 2 atom stereocenters. The van der Waals surface area contributed by atoms with Gasteiger partial charge < -0.3 is 4.74 Å². The van der Waals surface area contributed by atoms with Crippen LogP contribution < -0.4 is 0 Å². The van der Waals surface area contributed by atoms with Crippen LogP contribution in [0.5, 0.6) is 0 Å². The van der Waals surface area contributed by atoms with Crippen molar-refractivity contribution in [1.82, 2.24) is 0 Å². The number of rotatable bonds is 1. The van der Waals surface area contributed by atoms with Gasteiger partial charge in [-0.2, -0.15) is 0 Å². The van der Waals surface area contributed by atoms with Gasteiger partial charge in [-0.25, -0.2) is 0 Å². The van der Waals surface area contributed by atoms with Crippen LogP contribution in [-0.4, -0.2) is 13.1 Å². The molecule has 0 N–H and O–H groups in total. The van der Waals surface area contributed by atoms with Crippen LogP contribution in [0.3, 0.4) is 0 Å². The molecular weight excluding hydrogens is 176 g/mol. The molecule has 0 heterocycles. The van der Waals surface area contributed by atoms with Gasteiger partial charge in [-0.3, -0.25) is 4.79 Å². The molecule has 78 valence electrons. The molecule has 1 fully saturated rings. The quantitative estimate of drug-likeness (QED) is 0.473. The molecule has 0 aromatic heterocycles. The first-order chi connectivity index (χ1) is 6.40. The minimum absolute atomic E-state index is 0.00685. The normalized spacial score (nSPS) is 42.9. The summed E-state index contributed by atoms with van der Waals surface area (Å²) in [6.07, 6.45) is 6.29. The molecule has 1 saturated carbocycles. The lowest BCUT2D eigenvalue weighted by Gasteiger charge is -2.39. The van der Waals surface area contributed by atoms with Crippen LogP contribution in [0.2, 0.25) is 0 Å². The zero-order chi connectivity index (χ0) is 10.6. The van der Waals surface area contributed by atoms with Crippen LogP contribution in [0.25, 0.3) is 0 Å². The Hall–Kier alpha value is -0.790. The van der Waals surface area contributed by atoms with E-state index in [1.54, 1.807) is 0 Å². The molecule has 2 bridgehead atoms. The summed E-state index contributed by atoms with van der Waals surface area (Å²) in [6, 6.07) is 0. The molecule has 0 radical (unpaired) electrons. The highest BCUT2D eigenvalue weighted by atomic mass is 16.5. The third-order valence-electron chi connectivity index (χ3n) is 4.87. The van der Waals surface area contributed by atoms with Gasteiger partial charge in [0.2, 0.25) is 0 Å². The summed E-state index contributed by atoms with van der Waals surface area (Å²) in [5, 5.41) is 0. The van der Waals surface area contributed by atoms with Crippen molar-refractivity contribution in [3.63, 3.8) is 0 Å². The standard InChI is InChI=1S/C12H18O2/c1-10(2)11(3)5-7-12(10,8-6-11)9(13)14-4/h5,7H,6,8H2,1-4H3/t11-,12+/m0/s1. The van der Waals surface area contributed by atoms with Crippen LogP contribution >= 0.6 is 0 Å². The molecule has 2 heteroatoms. The molecule has 0 saturated heterocycles. The number of carbonyl (C=O) groups is 1. The van der Waals surface area contributed by atoms with Crippen molar-refractivity contribution < 1.29 is 9.53 Å². The molecule has 2 aliphatic rings. The summed E-state index contributed by atoms with van der Waals surface area (Å²) in [7, 11) is 1.48. The smallest absolute Gasteiger partial charge is 0.316 e. The molecule has 2 aliphatic carbocycles. The maximum atomic E-state index is 11.9. The molecule has 0 aliphatic heterocycles. The Kier molecular flexibility index (Phi) is 1.68. The third kappa shape index (κ3) is 0.760. The number of esters is 1. The number of methoxy groups -OCH3 is 1. The summed E-state index contributed by atoms with van der Waals surface area (Å²) in [5.41, 5.74) is -0.204. The van der Waals surface area contributed by atoms with Crippen LogP contribution in [0.4, 0.5) is 0 Å². The van der Waals surface area contributed by atoms with E-state index < -0.39 is 0 Å². The lowest BCUT2D eigenvalue weighted by atomic mass is 9.64. The van der Waals surface area contributed by atoms with E-state index in [1.807, 2.05) is 0 Å². The summed E-state index contributed by atoms with van der Waals surface area (Å²) < 4.78 is 4.95. The van der Waals surface area contributed by atoms with Gasteiger partial charge >= 0.3 is 5.97 Å². The van der Waals surface area contributed by atoms with Crippen molar-refractivity contribution >= 4 is 5.97 Å². The molecular formula is C12H18O2. The van der Waals surface area contributed by atoms with Gasteiger partial charge in [-0.1, -0.05) is 32.9 Å². The SMILES string of the molecule is COC(=O)[C@@]12C=C[C@@](C)(CC1)C2(C)C. The average Bonchev–Trinajstić information content (AvgIpc) is 2.47. The maximum Gasteiger partial charge on any atom is 0.316 e. The Bertz CT molecular complexity index is 316. The Morgan fingerprint density at radius 3 is 2.14 bits per heavy atom. The highest BCUT2D eigenvalue weighted by Gasteiger charge is 2.66. The van der Waals surface area contributed by atoms with Gasteiger partial charge in [-0.05, 0) is 23.7 Å². The van der Waals surface area contributed by atoms with Crippen molar-refractivity contribution in [2.75, 3.05) is 7.11 Å². The van der Waals surface area contributed by atoms with Crippen molar-refractivity contribution in [2.24, 2.45) is 16.2 Å². The van der Waals surface area contributed by atoms with E-state index in [9.17, 15) is 4.79 Å². The molecule has 0 aromatic carbocycles. The number of carbonyl (C=O) groups excluding carboxylic acids is 1. The largest absolute Gasteiger partial charge is 0.468 e. The van der Waals surface area contributed by atoms with E-state index in [2.05, 4.69) is 32.9 Å². The number of ether oxygens (including phenoxy) is 1. The van der Waals surface area contributed by atoms with Gasteiger partial charge in [0, 0.05) is 0 Å². The topological polar surface area (TPSA) is 26.3 Å². The first kappa shape index (κ1) is 9.75. The van der Waals surface area contributed by atoms with E-state index in [1.165, 1.54) is 7.11 Å². The second-order valence-corrected chi connectivity index (χ2v) is 5.34. The average molecular weight is 194 g/mol. The van der Waals surface area contributed by atoms with Crippen molar-refractivity contribution in [3.05, 3.63) is 12.2 Å². The predicted molar refractivity (Wildman–Crippen MR) is 54.7 cm³/mol. The Morgan fingerprint density at radius 2 is 1.86 bits per heavy atom. The Morgan fingerprint density at radius 1 is 1.21 bits per heavy atom. The van der Waals surface area contributed by atoms with Crippen LogP contribution in [-0.2, 0) is 9.53 Å². The fourth-order valence-corrected chi connectivity index (χ4v) is 3.11. The highest BCUT2D eigenvalue weighted by Crippen LogP contribution is 2.68. The summed E-state index contributed by atoms with van der Waals surface area (Å²) >= 11 is 0. The molecule has 2 nitrogen and oxygen atoms in total. The highest BCUT2D eigenvalue weighted by molar-refractivity contribution is 5.82. The van der Waals surface area contributed by atoms with Crippen LogP contribution in [0.1, 0.15) is 33.6 Å². The molecule has 14 heavy (non-hydrogen) atoms. The number of hydrogen-bond donors (Lipinski definition) is 0. The Labute approximate surface area is 85.3 Å². The van der Waals surface area contributed by atoms with E-state index in [4.69, 9.17) is 4.74 Å². The molecule has 0 spiro atoms. The fourth-order valence-electron chi connectivity index (χ4n) is 3.11. The molecule has 0 unspecified atom stereocenters. The van der Waals surface area contributed by atoms with Crippen molar-refractivity contribution in [3.8, 4) is 0 Å². The lowest BCUT2D eigenvalue weighted by molar-refractivity contribution is -0.155. The Balaban J connectivity index is 2.49. The van der Waals surface area contributed by atoms with E-state index in [0.717, 1.165) is 12.8 Å². The first-order valence-corrected chi connectivity index (χ1v) is 5.18.